The van der Waals surface area contributed by atoms with E-state index in [-0.39, 0.29) is 5.41 Å². The third-order valence-electron chi connectivity index (χ3n) is 9.68. The van der Waals surface area contributed by atoms with Crippen LogP contribution in [0.5, 0.6) is 0 Å². The van der Waals surface area contributed by atoms with E-state index < -0.39 is 0 Å². The van der Waals surface area contributed by atoms with Gasteiger partial charge in [0.05, 0.1) is 17.1 Å². The molecule has 0 saturated carbocycles. The summed E-state index contributed by atoms with van der Waals surface area (Å²) in [5.41, 5.74) is 12.6. The van der Waals surface area contributed by atoms with E-state index in [0.717, 1.165) is 39.0 Å². The maximum atomic E-state index is 6.71. The number of hydrogen-bond acceptors (Lipinski definition) is 2. The zero-order chi connectivity index (χ0) is 30.1. The lowest BCUT2D eigenvalue weighted by Crippen LogP contribution is -2.16. The maximum Gasteiger partial charge on any atom is 0.159 e. The SMILES string of the molecule is CC1(C)c2ccccc2-c2c(N(c3ccccc3-c3cccc4ccccc34)c3cccc4c3oc3ccccc34)cccc21. The molecule has 8 aromatic rings. The van der Waals surface area contributed by atoms with Gasteiger partial charge in [0.25, 0.3) is 0 Å². The summed E-state index contributed by atoms with van der Waals surface area (Å²) in [7, 11) is 0. The van der Waals surface area contributed by atoms with Gasteiger partial charge in [-0.1, -0.05) is 141 Å². The van der Waals surface area contributed by atoms with Crippen molar-refractivity contribution in [3.05, 3.63) is 163 Å². The standard InChI is InChI=1S/C43H31NO/c1-43(2)35-22-8-5-19-34(35)41-36(43)23-13-25-38(41)44(39-26-12-21-33-32-18-7-10-27-40(32)45-42(33)39)37-24-9-6-17-31(37)30-20-11-15-28-14-3-4-16-29(28)30/h3-27H,1-2H3. The Balaban J connectivity index is 1.41. The Hall–Kier alpha value is -5.60. The van der Waals surface area contributed by atoms with Crippen LogP contribution < -0.4 is 4.90 Å². The summed E-state index contributed by atoms with van der Waals surface area (Å²) in [6.07, 6.45) is 0. The molecule has 1 aliphatic carbocycles. The Labute approximate surface area is 262 Å². The molecule has 2 heteroatoms. The average Bonchev–Trinajstić information content (AvgIpc) is 3.58. The largest absolute Gasteiger partial charge is 0.454 e. The minimum atomic E-state index is -0.117. The number of furan rings is 1. The molecule has 7 aromatic carbocycles. The van der Waals surface area contributed by atoms with Gasteiger partial charge in [0.15, 0.2) is 5.58 Å². The van der Waals surface area contributed by atoms with Gasteiger partial charge >= 0.3 is 0 Å². The highest BCUT2D eigenvalue weighted by Crippen LogP contribution is 2.55. The molecule has 1 aliphatic rings. The summed E-state index contributed by atoms with van der Waals surface area (Å²) in [5, 5.41) is 4.71. The fourth-order valence-corrected chi connectivity index (χ4v) is 7.58. The number of benzene rings is 7. The highest BCUT2D eigenvalue weighted by atomic mass is 16.3. The van der Waals surface area contributed by atoms with Crippen LogP contribution in [0.15, 0.2) is 156 Å². The molecule has 0 radical (unpaired) electrons. The molecule has 0 spiro atoms. The third kappa shape index (κ3) is 3.76. The maximum absolute atomic E-state index is 6.71. The van der Waals surface area contributed by atoms with E-state index in [4.69, 9.17) is 4.42 Å². The van der Waals surface area contributed by atoms with Gasteiger partial charge in [-0.2, -0.15) is 0 Å². The normalized spacial score (nSPS) is 13.3. The molecule has 2 nitrogen and oxygen atoms in total. The highest BCUT2D eigenvalue weighted by molar-refractivity contribution is 6.12. The van der Waals surface area contributed by atoms with Gasteiger partial charge in [-0.25, -0.2) is 0 Å². The Bertz CT molecular complexity index is 2420. The van der Waals surface area contributed by atoms with Crippen molar-refractivity contribution in [1.29, 1.82) is 0 Å². The quantitative estimate of drug-likeness (QED) is 0.207. The van der Waals surface area contributed by atoms with Crippen LogP contribution in [0, 0.1) is 0 Å². The van der Waals surface area contributed by atoms with Gasteiger partial charge in [0.1, 0.15) is 5.58 Å². The first-order chi connectivity index (χ1) is 22.1. The predicted molar refractivity (Wildman–Crippen MR) is 189 cm³/mol. The van der Waals surface area contributed by atoms with Crippen molar-refractivity contribution in [3.8, 4) is 22.3 Å². The van der Waals surface area contributed by atoms with Gasteiger partial charge in [0.2, 0.25) is 0 Å². The number of nitrogens with zero attached hydrogens (tertiary/aromatic N) is 1. The van der Waals surface area contributed by atoms with Crippen molar-refractivity contribution < 1.29 is 4.42 Å². The van der Waals surface area contributed by atoms with E-state index in [1.165, 1.54) is 44.2 Å². The van der Waals surface area contributed by atoms with E-state index in [1.54, 1.807) is 0 Å². The van der Waals surface area contributed by atoms with Crippen LogP contribution in [0.1, 0.15) is 25.0 Å². The van der Waals surface area contributed by atoms with Crippen LogP contribution >= 0.6 is 0 Å². The van der Waals surface area contributed by atoms with Crippen LogP contribution in [-0.2, 0) is 5.41 Å². The van der Waals surface area contributed by atoms with Crippen molar-refractivity contribution in [3.63, 3.8) is 0 Å². The minimum Gasteiger partial charge on any atom is -0.454 e. The molecule has 1 heterocycles. The second kappa shape index (κ2) is 9.70. The van der Waals surface area contributed by atoms with E-state index in [2.05, 4.69) is 164 Å². The number of hydrogen-bond donors (Lipinski definition) is 0. The Morgan fingerprint density at radius 2 is 1.02 bits per heavy atom. The summed E-state index contributed by atoms with van der Waals surface area (Å²) >= 11 is 0. The zero-order valence-electron chi connectivity index (χ0n) is 25.3. The zero-order valence-corrected chi connectivity index (χ0v) is 25.3. The molecule has 0 atom stereocenters. The van der Waals surface area contributed by atoms with Crippen molar-refractivity contribution >= 4 is 49.8 Å². The Morgan fingerprint density at radius 1 is 0.444 bits per heavy atom. The Kier molecular flexibility index (Phi) is 5.58. The lowest BCUT2D eigenvalue weighted by Gasteiger charge is -2.30. The second-order valence-corrected chi connectivity index (χ2v) is 12.5. The van der Waals surface area contributed by atoms with Crippen LogP contribution in [0.2, 0.25) is 0 Å². The predicted octanol–water partition coefficient (Wildman–Crippen LogP) is 12.2. The molecule has 0 N–H and O–H groups in total. The molecule has 0 unspecified atom stereocenters. The van der Waals surface area contributed by atoms with Crippen LogP contribution in [0.3, 0.4) is 0 Å². The topological polar surface area (TPSA) is 16.4 Å². The molecule has 45 heavy (non-hydrogen) atoms. The molecule has 0 bridgehead atoms. The molecular formula is C43H31NO. The summed E-state index contributed by atoms with van der Waals surface area (Å²) in [5.74, 6) is 0. The lowest BCUT2D eigenvalue weighted by molar-refractivity contribution is 0.660. The van der Waals surface area contributed by atoms with Crippen molar-refractivity contribution in [2.45, 2.75) is 19.3 Å². The van der Waals surface area contributed by atoms with Crippen molar-refractivity contribution in [2.75, 3.05) is 4.90 Å². The van der Waals surface area contributed by atoms with Gasteiger partial charge in [-0.05, 0) is 57.3 Å². The molecular weight excluding hydrogens is 546 g/mol. The first kappa shape index (κ1) is 25.9. The number of anilines is 3. The average molecular weight is 578 g/mol. The van der Waals surface area contributed by atoms with E-state index in [9.17, 15) is 0 Å². The van der Waals surface area contributed by atoms with Crippen LogP contribution in [0.4, 0.5) is 17.1 Å². The first-order valence-electron chi connectivity index (χ1n) is 15.6. The lowest BCUT2D eigenvalue weighted by atomic mass is 9.82. The Morgan fingerprint density at radius 3 is 1.93 bits per heavy atom. The van der Waals surface area contributed by atoms with Crippen molar-refractivity contribution in [2.24, 2.45) is 0 Å². The van der Waals surface area contributed by atoms with Gasteiger partial charge in [-0.3, -0.25) is 0 Å². The number of fused-ring (bicyclic) bond motifs is 7. The third-order valence-corrected chi connectivity index (χ3v) is 9.68. The van der Waals surface area contributed by atoms with Crippen LogP contribution in [-0.4, -0.2) is 0 Å². The van der Waals surface area contributed by atoms with Crippen LogP contribution in [0.25, 0.3) is 55.0 Å². The molecule has 9 rings (SSSR count). The fraction of sp³-hybridized carbons (Fsp3) is 0.0698. The van der Waals surface area contributed by atoms with Gasteiger partial charge in [-0.15, -0.1) is 0 Å². The summed E-state index contributed by atoms with van der Waals surface area (Å²) in [6, 6.07) is 54.6. The first-order valence-corrected chi connectivity index (χ1v) is 15.6. The summed E-state index contributed by atoms with van der Waals surface area (Å²) in [4.78, 5) is 2.44. The monoisotopic (exact) mass is 577 g/mol. The second-order valence-electron chi connectivity index (χ2n) is 12.5. The fourth-order valence-electron chi connectivity index (χ4n) is 7.58. The van der Waals surface area contributed by atoms with E-state index in [0.29, 0.717) is 0 Å². The molecule has 0 fully saturated rings. The molecule has 0 saturated heterocycles. The number of para-hydroxylation sites is 3. The summed E-state index contributed by atoms with van der Waals surface area (Å²) < 4.78 is 6.71. The van der Waals surface area contributed by atoms with Gasteiger partial charge < -0.3 is 9.32 Å². The van der Waals surface area contributed by atoms with Gasteiger partial charge in [0, 0.05) is 27.3 Å². The highest BCUT2D eigenvalue weighted by Gasteiger charge is 2.38. The molecule has 1 aromatic heterocycles. The molecule has 214 valence electrons. The number of rotatable bonds is 4. The van der Waals surface area contributed by atoms with E-state index in [1.807, 2.05) is 6.07 Å². The summed E-state index contributed by atoms with van der Waals surface area (Å²) in [6.45, 7) is 4.69. The molecule has 0 aliphatic heterocycles. The minimum absolute atomic E-state index is 0.117. The van der Waals surface area contributed by atoms with E-state index >= 15 is 0 Å². The smallest absolute Gasteiger partial charge is 0.159 e. The molecule has 0 amide bonds. The van der Waals surface area contributed by atoms with Crippen molar-refractivity contribution in [1.82, 2.24) is 0 Å².